The van der Waals surface area contributed by atoms with Crippen molar-refractivity contribution in [3.63, 3.8) is 0 Å². The Balaban J connectivity index is 1.58. The van der Waals surface area contributed by atoms with Gasteiger partial charge >= 0.3 is 0 Å². The van der Waals surface area contributed by atoms with E-state index in [-0.39, 0.29) is 18.6 Å². The third-order valence-electron chi connectivity index (χ3n) is 4.86. The van der Waals surface area contributed by atoms with Crippen molar-refractivity contribution in [2.45, 2.75) is 31.7 Å². The molecule has 21 heavy (non-hydrogen) atoms. The summed E-state index contributed by atoms with van der Waals surface area (Å²) in [5.74, 6) is 0.768. The van der Waals surface area contributed by atoms with Crippen LogP contribution in [0.15, 0.2) is 24.3 Å². The van der Waals surface area contributed by atoms with Crippen molar-refractivity contribution in [2.75, 3.05) is 26.2 Å². The first kappa shape index (κ1) is 14.5. The van der Waals surface area contributed by atoms with Crippen molar-refractivity contribution in [1.82, 2.24) is 10.2 Å². The van der Waals surface area contributed by atoms with Crippen LogP contribution in [0.1, 0.15) is 36.4 Å². The van der Waals surface area contributed by atoms with Crippen LogP contribution in [0.25, 0.3) is 0 Å². The number of amides is 1. The molecule has 114 valence electrons. The van der Waals surface area contributed by atoms with Gasteiger partial charge in [-0.1, -0.05) is 30.7 Å². The van der Waals surface area contributed by atoms with Crippen LogP contribution in [-0.2, 0) is 11.2 Å². The molecule has 0 radical (unpaired) electrons. The fourth-order valence-corrected chi connectivity index (χ4v) is 3.30. The van der Waals surface area contributed by atoms with Gasteiger partial charge in [-0.15, -0.1) is 0 Å². The Kier molecular flexibility index (Phi) is 4.56. The summed E-state index contributed by atoms with van der Waals surface area (Å²) >= 11 is 0. The van der Waals surface area contributed by atoms with Crippen LogP contribution in [0, 0.1) is 5.92 Å². The lowest BCUT2D eigenvalue weighted by Crippen LogP contribution is -2.45. The minimum atomic E-state index is -0.0515. The van der Waals surface area contributed by atoms with Crippen molar-refractivity contribution < 1.29 is 9.90 Å². The second kappa shape index (κ2) is 6.58. The fraction of sp³-hybridized carbons (Fsp3) is 0.588. The molecule has 1 heterocycles. The van der Waals surface area contributed by atoms with E-state index in [0.717, 1.165) is 25.1 Å². The second-order valence-electron chi connectivity index (χ2n) is 6.22. The number of nitrogens with one attached hydrogen (secondary N) is 1. The van der Waals surface area contributed by atoms with Crippen LogP contribution < -0.4 is 5.32 Å². The van der Waals surface area contributed by atoms with E-state index in [1.54, 1.807) is 0 Å². The molecule has 1 fully saturated rings. The molecule has 1 saturated carbocycles. The SMILES string of the molecule is O=C(CN1CCc2ccccc2C1CO)NCC1CCC1. The molecule has 0 bridgehead atoms. The lowest BCUT2D eigenvalue weighted by molar-refractivity contribution is -0.123. The summed E-state index contributed by atoms with van der Waals surface area (Å²) in [6.07, 6.45) is 4.74. The van der Waals surface area contributed by atoms with Crippen molar-refractivity contribution in [1.29, 1.82) is 0 Å². The fourth-order valence-electron chi connectivity index (χ4n) is 3.30. The average Bonchev–Trinajstić information content (AvgIpc) is 2.45. The Morgan fingerprint density at radius 3 is 2.86 bits per heavy atom. The zero-order chi connectivity index (χ0) is 14.7. The number of carbonyl (C=O) groups excluding carboxylic acids is 1. The molecule has 1 unspecified atom stereocenters. The second-order valence-corrected chi connectivity index (χ2v) is 6.22. The van der Waals surface area contributed by atoms with Crippen LogP contribution in [-0.4, -0.2) is 42.2 Å². The zero-order valence-corrected chi connectivity index (χ0v) is 12.4. The molecule has 2 aliphatic rings. The molecule has 3 rings (SSSR count). The number of nitrogens with zero attached hydrogens (tertiary/aromatic N) is 1. The Bertz CT molecular complexity index is 499. The van der Waals surface area contributed by atoms with E-state index in [4.69, 9.17) is 0 Å². The van der Waals surface area contributed by atoms with E-state index in [1.807, 2.05) is 12.1 Å². The van der Waals surface area contributed by atoms with Crippen molar-refractivity contribution in [3.8, 4) is 0 Å². The molecule has 1 aromatic rings. The van der Waals surface area contributed by atoms with E-state index >= 15 is 0 Å². The summed E-state index contributed by atoms with van der Waals surface area (Å²) in [5.41, 5.74) is 2.46. The number of hydrogen-bond acceptors (Lipinski definition) is 3. The Morgan fingerprint density at radius 2 is 2.14 bits per heavy atom. The molecule has 1 aliphatic heterocycles. The summed E-state index contributed by atoms with van der Waals surface area (Å²) in [6, 6.07) is 8.17. The number of aliphatic hydroxyl groups excluding tert-OH is 1. The van der Waals surface area contributed by atoms with Gasteiger partial charge in [-0.2, -0.15) is 0 Å². The standard InChI is InChI=1S/C17H24N2O2/c20-12-16-15-7-2-1-6-14(15)8-9-19(16)11-17(21)18-10-13-4-3-5-13/h1-2,6-7,13,16,20H,3-5,8-12H2,(H,18,21). The molecule has 1 amide bonds. The van der Waals surface area contributed by atoms with Gasteiger partial charge in [0, 0.05) is 13.1 Å². The molecule has 1 aliphatic carbocycles. The van der Waals surface area contributed by atoms with Crippen molar-refractivity contribution in [2.24, 2.45) is 5.92 Å². The lowest BCUT2D eigenvalue weighted by Gasteiger charge is -2.36. The van der Waals surface area contributed by atoms with Gasteiger partial charge in [-0.05, 0) is 36.3 Å². The van der Waals surface area contributed by atoms with Crippen molar-refractivity contribution >= 4 is 5.91 Å². The van der Waals surface area contributed by atoms with Gasteiger partial charge in [-0.3, -0.25) is 9.69 Å². The maximum atomic E-state index is 12.1. The summed E-state index contributed by atoms with van der Waals surface area (Å²) < 4.78 is 0. The zero-order valence-electron chi connectivity index (χ0n) is 12.4. The van der Waals surface area contributed by atoms with Crippen LogP contribution in [0.2, 0.25) is 0 Å². The predicted octanol–water partition coefficient (Wildman–Crippen LogP) is 1.49. The van der Waals surface area contributed by atoms with Gasteiger partial charge in [0.1, 0.15) is 0 Å². The molecular weight excluding hydrogens is 264 g/mol. The molecule has 0 spiro atoms. The first-order valence-electron chi connectivity index (χ1n) is 7.97. The first-order chi connectivity index (χ1) is 10.3. The van der Waals surface area contributed by atoms with Gasteiger partial charge in [-0.25, -0.2) is 0 Å². The van der Waals surface area contributed by atoms with Gasteiger partial charge in [0.2, 0.25) is 5.91 Å². The van der Waals surface area contributed by atoms with Gasteiger partial charge in [0.15, 0.2) is 0 Å². The van der Waals surface area contributed by atoms with E-state index in [0.29, 0.717) is 12.5 Å². The number of hydrogen-bond donors (Lipinski definition) is 2. The quantitative estimate of drug-likeness (QED) is 0.863. The maximum absolute atomic E-state index is 12.1. The lowest BCUT2D eigenvalue weighted by atomic mass is 9.85. The highest BCUT2D eigenvalue weighted by molar-refractivity contribution is 5.78. The first-order valence-corrected chi connectivity index (χ1v) is 7.97. The minimum absolute atomic E-state index is 0.0515. The third-order valence-corrected chi connectivity index (χ3v) is 4.86. The van der Waals surface area contributed by atoms with Crippen molar-refractivity contribution in [3.05, 3.63) is 35.4 Å². The summed E-state index contributed by atoms with van der Waals surface area (Å²) in [4.78, 5) is 14.2. The van der Waals surface area contributed by atoms with E-state index < -0.39 is 0 Å². The highest BCUT2D eigenvalue weighted by Gasteiger charge is 2.28. The Hall–Kier alpha value is -1.39. The van der Waals surface area contributed by atoms with E-state index in [1.165, 1.54) is 24.8 Å². The molecule has 0 saturated heterocycles. The molecule has 4 heteroatoms. The summed E-state index contributed by atoms with van der Waals surface area (Å²) in [6.45, 7) is 2.09. The molecule has 4 nitrogen and oxygen atoms in total. The number of carbonyl (C=O) groups is 1. The van der Waals surface area contributed by atoms with Crippen LogP contribution in [0.3, 0.4) is 0 Å². The molecular formula is C17H24N2O2. The summed E-state index contributed by atoms with van der Waals surface area (Å²) in [5, 5.41) is 12.8. The minimum Gasteiger partial charge on any atom is -0.394 e. The van der Waals surface area contributed by atoms with Gasteiger partial charge in [0.25, 0.3) is 0 Å². The Morgan fingerprint density at radius 1 is 1.33 bits per heavy atom. The van der Waals surface area contributed by atoms with E-state index in [2.05, 4.69) is 22.3 Å². The molecule has 1 aromatic carbocycles. The molecule has 0 aromatic heterocycles. The number of fused-ring (bicyclic) bond motifs is 1. The number of aliphatic hydroxyl groups is 1. The largest absolute Gasteiger partial charge is 0.394 e. The monoisotopic (exact) mass is 288 g/mol. The number of benzene rings is 1. The third kappa shape index (κ3) is 3.27. The maximum Gasteiger partial charge on any atom is 0.234 e. The average molecular weight is 288 g/mol. The predicted molar refractivity (Wildman–Crippen MR) is 81.9 cm³/mol. The van der Waals surface area contributed by atoms with Crippen LogP contribution >= 0.6 is 0 Å². The van der Waals surface area contributed by atoms with Crippen LogP contribution in [0.5, 0.6) is 0 Å². The highest BCUT2D eigenvalue weighted by Crippen LogP contribution is 2.29. The summed E-state index contributed by atoms with van der Waals surface area (Å²) in [7, 11) is 0. The van der Waals surface area contributed by atoms with Crippen LogP contribution in [0.4, 0.5) is 0 Å². The molecule has 1 atom stereocenters. The molecule has 2 N–H and O–H groups in total. The van der Waals surface area contributed by atoms with Gasteiger partial charge in [0.05, 0.1) is 19.2 Å². The normalized spacial score (nSPS) is 22.4. The van der Waals surface area contributed by atoms with Gasteiger partial charge < -0.3 is 10.4 Å². The topological polar surface area (TPSA) is 52.6 Å². The number of rotatable bonds is 5. The van der Waals surface area contributed by atoms with E-state index in [9.17, 15) is 9.90 Å². The smallest absolute Gasteiger partial charge is 0.234 e. The Labute approximate surface area is 126 Å². The highest BCUT2D eigenvalue weighted by atomic mass is 16.3.